The Kier molecular flexibility index (Phi) is 5.84. The summed E-state index contributed by atoms with van der Waals surface area (Å²) in [6.07, 6.45) is 0.353. The van der Waals surface area contributed by atoms with Crippen LogP contribution >= 0.6 is 11.6 Å². The number of nitrogens with zero attached hydrogens (tertiary/aromatic N) is 2. The minimum Gasteiger partial charge on any atom is -0.373 e. The summed E-state index contributed by atoms with van der Waals surface area (Å²) in [6.45, 7) is 8.18. The summed E-state index contributed by atoms with van der Waals surface area (Å²) >= 11 is 5.92. The molecular weight excluding hydrogens is 300 g/mol. The van der Waals surface area contributed by atoms with Gasteiger partial charge in [-0.15, -0.1) is 0 Å². The first-order valence-corrected chi connectivity index (χ1v) is 8.13. The lowest BCUT2D eigenvalue weighted by molar-refractivity contribution is -0.136. The van der Waals surface area contributed by atoms with E-state index in [0.717, 1.165) is 18.7 Å². The summed E-state index contributed by atoms with van der Waals surface area (Å²) in [7, 11) is 1.86. The van der Waals surface area contributed by atoms with Gasteiger partial charge in [-0.05, 0) is 38.5 Å². The molecule has 122 valence electrons. The maximum absolute atomic E-state index is 12.5. The van der Waals surface area contributed by atoms with Crippen LogP contribution in [0.2, 0.25) is 5.02 Å². The number of carbonyl (C=O) groups is 1. The quantitative estimate of drug-likeness (QED) is 0.853. The molecule has 1 aliphatic rings. The molecule has 1 aromatic rings. The molecule has 2 rings (SSSR count). The molecule has 5 heteroatoms. The lowest BCUT2D eigenvalue weighted by atomic mass is 10.1. The van der Waals surface area contributed by atoms with Crippen LogP contribution in [0.15, 0.2) is 24.3 Å². The van der Waals surface area contributed by atoms with Gasteiger partial charge in [-0.1, -0.05) is 23.7 Å². The minimum atomic E-state index is 0.0284. The third kappa shape index (κ3) is 4.45. The molecule has 1 fully saturated rings. The van der Waals surface area contributed by atoms with E-state index < -0.39 is 0 Å². The van der Waals surface area contributed by atoms with Crippen molar-refractivity contribution in [3.05, 3.63) is 34.9 Å². The molecule has 1 amide bonds. The molecule has 3 atom stereocenters. The van der Waals surface area contributed by atoms with Crippen LogP contribution in [0.25, 0.3) is 0 Å². The minimum absolute atomic E-state index is 0.0284. The number of rotatable bonds is 4. The van der Waals surface area contributed by atoms with Gasteiger partial charge in [-0.3, -0.25) is 9.69 Å². The van der Waals surface area contributed by atoms with Crippen molar-refractivity contribution >= 4 is 17.5 Å². The Hall–Kier alpha value is -1.10. The molecular formula is C17H25ClN2O2. The Morgan fingerprint density at radius 2 is 1.86 bits per heavy atom. The number of morpholine rings is 1. The maximum Gasteiger partial charge on any atom is 0.236 e. The Morgan fingerprint density at radius 3 is 2.41 bits per heavy atom. The first kappa shape index (κ1) is 17.3. The molecule has 1 heterocycles. The van der Waals surface area contributed by atoms with E-state index in [9.17, 15) is 4.79 Å². The van der Waals surface area contributed by atoms with Crippen LogP contribution in [0.1, 0.15) is 32.4 Å². The molecule has 4 nitrogen and oxygen atoms in total. The van der Waals surface area contributed by atoms with Gasteiger partial charge in [0.15, 0.2) is 0 Å². The Bertz CT molecular complexity index is 496. The fourth-order valence-corrected chi connectivity index (χ4v) is 3.02. The number of amides is 1. The number of hydrogen-bond donors (Lipinski definition) is 0. The van der Waals surface area contributed by atoms with Crippen LogP contribution in [-0.2, 0) is 9.53 Å². The SMILES string of the molecule is CC1CN(CC(=O)N(C)C(C)c2ccc(Cl)cc2)CC(C)O1. The topological polar surface area (TPSA) is 32.8 Å². The van der Waals surface area contributed by atoms with E-state index in [1.807, 2.05) is 52.1 Å². The van der Waals surface area contributed by atoms with Crippen molar-refractivity contribution in [3.63, 3.8) is 0 Å². The zero-order valence-corrected chi connectivity index (χ0v) is 14.5. The summed E-state index contributed by atoms with van der Waals surface area (Å²) in [5, 5.41) is 0.709. The van der Waals surface area contributed by atoms with Crippen LogP contribution < -0.4 is 0 Å². The van der Waals surface area contributed by atoms with E-state index in [1.54, 1.807) is 4.90 Å². The summed E-state index contributed by atoms with van der Waals surface area (Å²) < 4.78 is 5.71. The molecule has 0 spiro atoms. The number of benzene rings is 1. The molecule has 0 bridgehead atoms. The van der Waals surface area contributed by atoms with Crippen LogP contribution in [0.4, 0.5) is 0 Å². The lowest BCUT2D eigenvalue weighted by Gasteiger charge is -2.36. The van der Waals surface area contributed by atoms with Crippen LogP contribution in [0, 0.1) is 0 Å². The van der Waals surface area contributed by atoms with Crippen molar-refractivity contribution < 1.29 is 9.53 Å². The number of halogens is 1. The van der Waals surface area contributed by atoms with Crippen LogP contribution in [0.3, 0.4) is 0 Å². The summed E-state index contributed by atoms with van der Waals surface area (Å²) in [6, 6.07) is 7.68. The fraction of sp³-hybridized carbons (Fsp3) is 0.588. The van der Waals surface area contributed by atoms with E-state index in [1.165, 1.54) is 0 Å². The standard InChI is InChI=1S/C17H25ClN2O2/c1-12-9-20(10-13(2)22-12)11-17(21)19(4)14(3)15-5-7-16(18)8-6-15/h5-8,12-14H,9-11H2,1-4H3. The Morgan fingerprint density at radius 1 is 1.32 bits per heavy atom. The molecule has 0 N–H and O–H groups in total. The summed E-state index contributed by atoms with van der Waals surface area (Å²) in [5.41, 5.74) is 1.09. The van der Waals surface area contributed by atoms with Crippen molar-refractivity contribution in [2.75, 3.05) is 26.7 Å². The first-order chi connectivity index (χ1) is 10.4. The fourth-order valence-electron chi connectivity index (χ4n) is 2.90. The van der Waals surface area contributed by atoms with Gasteiger partial charge in [0.05, 0.1) is 24.8 Å². The summed E-state index contributed by atoms with van der Waals surface area (Å²) in [5.74, 6) is 0.128. The highest BCUT2D eigenvalue weighted by atomic mass is 35.5. The molecule has 22 heavy (non-hydrogen) atoms. The number of hydrogen-bond acceptors (Lipinski definition) is 3. The third-order valence-corrected chi connectivity index (χ3v) is 4.43. The van der Waals surface area contributed by atoms with Gasteiger partial charge in [-0.25, -0.2) is 0 Å². The molecule has 0 aliphatic carbocycles. The second-order valence-electron chi connectivity index (χ2n) is 6.18. The van der Waals surface area contributed by atoms with Crippen molar-refractivity contribution in [2.45, 2.75) is 39.0 Å². The monoisotopic (exact) mass is 324 g/mol. The van der Waals surface area contributed by atoms with Gasteiger partial charge in [0.1, 0.15) is 0 Å². The Labute approximate surface area is 138 Å². The lowest BCUT2D eigenvalue weighted by Crippen LogP contribution is -2.49. The van der Waals surface area contributed by atoms with Crippen LogP contribution in [-0.4, -0.2) is 54.6 Å². The molecule has 0 aromatic heterocycles. The number of carbonyl (C=O) groups excluding carboxylic acids is 1. The van der Waals surface area contributed by atoms with Crippen molar-refractivity contribution in [1.29, 1.82) is 0 Å². The van der Waals surface area contributed by atoms with Gasteiger partial charge in [0, 0.05) is 25.2 Å². The second-order valence-corrected chi connectivity index (χ2v) is 6.62. The van der Waals surface area contributed by atoms with Crippen molar-refractivity contribution in [1.82, 2.24) is 9.80 Å². The van der Waals surface area contributed by atoms with E-state index in [-0.39, 0.29) is 24.2 Å². The largest absolute Gasteiger partial charge is 0.373 e. The summed E-state index contributed by atoms with van der Waals surface area (Å²) in [4.78, 5) is 16.5. The predicted molar refractivity (Wildman–Crippen MR) is 89.1 cm³/mol. The highest BCUT2D eigenvalue weighted by Crippen LogP contribution is 2.21. The van der Waals surface area contributed by atoms with Gasteiger partial charge in [0.2, 0.25) is 5.91 Å². The van der Waals surface area contributed by atoms with Crippen molar-refractivity contribution in [2.24, 2.45) is 0 Å². The van der Waals surface area contributed by atoms with E-state index >= 15 is 0 Å². The van der Waals surface area contributed by atoms with E-state index in [2.05, 4.69) is 4.90 Å². The van der Waals surface area contributed by atoms with E-state index in [4.69, 9.17) is 16.3 Å². The van der Waals surface area contributed by atoms with Crippen LogP contribution in [0.5, 0.6) is 0 Å². The molecule has 0 saturated carbocycles. The third-order valence-electron chi connectivity index (χ3n) is 4.18. The molecule has 1 saturated heterocycles. The van der Waals surface area contributed by atoms with Gasteiger partial charge >= 0.3 is 0 Å². The van der Waals surface area contributed by atoms with Gasteiger partial charge in [0.25, 0.3) is 0 Å². The Balaban J connectivity index is 1.95. The predicted octanol–water partition coefficient (Wildman–Crippen LogP) is 2.97. The average molecular weight is 325 g/mol. The average Bonchev–Trinajstić information content (AvgIpc) is 2.45. The first-order valence-electron chi connectivity index (χ1n) is 7.75. The normalized spacial score (nSPS) is 24.0. The van der Waals surface area contributed by atoms with Gasteiger partial charge < -0.3 is 9.64 Å². The molecule has 0 radical (unpaired) electrons. The molecule has 1 aromatic carbocycles. The second kappa shape index (κ2) is 7.44. The molecule has 1 aliphatic heterocycles. The maximum atomic E-state index is 12.5. The number of likely N-dealkylation sites (N-methyl/N-ethyl adjacent to an activating group) is 1. The molecule has 3 unspecified atom stereocenters. The van der Waals surface area contributed by atoms with Gasteiger partial charge in [-0.2, -0.15) is 0 Å². The van der Waals surface area contributed by atoms with E-state index in [0.29, 0.717) is 11.6 Å². The smallest absolute Gasteiger partial charge is 0.236 e. The zero-order valence-electron chi connectivity index (χ0n) is 13.8. The zero-order chi connectivity index (χ0) is 16.3. The highest BCUT2D eigenvalue weighted by Gasteiger charge is 2.26. The number of ether oxygens (including phenoxy) is 1. The van der Waals surface area contributed by atoms with Crippen molar-refractivity contribution in [3.8, 4) is 0 Å². The highest BCUT2D eigenvalue weighted by molar-refractivity contribution is 6.30.